The van der Waals surface area contributed by atoms with Crippen LogP contribution in [0.1, 0.15) is 12.6 Å². The van der Waals surface area contributed by atoms with Crippen LogP contribution in [0, 0.1) is 5.92 Å². The summed E-state index contributed by atoms with van der Waals surface area (Å²) < 4.78 is 1.99. The number of nitrogens with one attached hydrogen (secondary N) is 2. The van der Waals surface area contributed by atoms with Crippen molar-refractivity contribution in [2.24, 2.45) is 10.9 Å². The van der Waals surface area contributed by atoms with Crippen molar-refractivity contribution in [3.8, 4) is 0 Å². The second-order valence-corrected chi connectivity index (χ2v) is 6.35. The maximum atomic E-state index is 6.11. The molecule has 0 aliphatic carbocycles. The standard InChI is InChI=1S/C16H18ClN5/c1-10-2-4-13(21-16(10)20-12-6-18-7-12)14-8-19-15-5-3-11(17)9-22(14)15/h2-5,8-10,12,16,18,20H,6-7H2,1H3. The Labute approximate surface area is 134 Å². The molecule has 0 amide bonds. The van der Waals surface area contributed by atoms with Gasteiger partial charge in [0.2, 0.25) is 0 Å². The zero-order valence-corrected chi connectivity index (χ0v) is 13.1. The number of halogens is 1. The van der Waals surface area contributed by atoms with Gasteiger partial charge in [0.05, 0.1) is 22.6 Å². The van der Waals surface area contributed by atoms with E-state index in [0.29, 0.717) is 17.0 Å². The van der Waals surface area contributed by atoms with Gasteiger partial charge in [-0.15, -0.1) is 0 Å². The second kappa shape index (κ2) is 5.50. The minimum atomic E-state index is 0.108. The fraction of sp³-hybridized carbons (Fsp3) is 0.375. The largest absolute Gasteiger partial charge is 0.314 e. The lowest BCUT2D eigenvalue weighted by molar-refractivity contribution is 0.304. The molecule has 0 bridgehead atoms. The molecule has 2 N–H and O–H groups in total. The van der Waals surface area contributed by atoms with Gasteiger partial charge in [-0.3, -0.25) is 14.7 Å². The Bertz CT molecular complexity index is 759. The first-order chi connectivity index (χ1) is 10.7. The van der Waals surface area contributed by atoms with Crippen molar-refractivity contribution < 1.29 is 0 Å². The molecule has 6 heteroatoms. The molecule has 2 atom stereocenters. The summed E-state index contributed by atoms with van der Waals surface area (Å²) in [5.74, 6) is 0.382. The SMILES string of the molecule is CC1C=CC(c2cnc3ccc(Cl)cn23)=NC1NC1CNC1. The smallest absolute Gasteiger partial charge is 0.137 e. The maximum absolute atomic E-state index is 6.11. The molecular formula is C16H18ClN5. The van der Waals surface area contributed by atoms with Crippen LogP contribution in [0.5, 0.6) is 0 Å². The summed E-state index contributed by atoms with van der Waals surface area (Å²) in [4.78, 5) is 9.32. The summed E-state index contributed by atoms with van der Waals surface area (Å²) in [5.41, 5.74) is 2.79. The minimum Gasteiger partial charge on any atom is -0.314 e. The zero-order valence-electron chi connectivity index (χ0n) is 12.3. The maximum Gasteiger partial charge on any atom is 0.137 e. The van der Waals surface area contributed by atoms with Gasteiger partial charge in [-0.25, -0.2) is 4.98 Å². The Morgan fingerprint density at radius 3 is 3.00 bits per heavy atom. The molecule has 5 nitrogen and oxygen atoms in total. The van der Waals surface area contributed by atoms with Gasteiger partial charge in [0.25, 0.3) is 0 Å². The third kappa shape index (κ3) is 2.45. The van der Waals surface area contributed by atoms with Crippen LogP contribution < -0.4 is 10.6 Å². The topological polar surface area (TPSA) is 53.7 Å². The van der Waals surface area contributed by atoms with Crippen molar-refractivity contribution >= 4 is 23.0 Å². The Hall–Kier alpha value is -1.69. The van der Waals surface area contributed by atoms with E-state index in [2.05, 4.69) is 34.7 Å². The number of pyridine rings is 1. The van der Waals surface area contributed by atoms with Crippen molar-refractivity contribution in [1.82, 2.24) is 20.0 Å². The van der Waals surface area contributed by atoms with Gasteiger partial charge in [-0.05, 0) is 18.2 Å². The highest BCUT2D eigenvalue weighted by atomic mass is 35.5. The van der Waals surface area contributed by atoms with Crippen molar-refractivity contribution in [2.75, 3.05) is 13.1 Å². The highest BCUT2D eigenvalue weighted by molar-refractivity contribution is 6.30. The summed E-state index contributed by atoms with van der Waals surface area (Å²) in [5, 5.41) is 7.57. The van der Waals surface area contributed by atoms with Crippen LogP contribution in [-0.4, -0.2) is 40.4 Å². The molecule has 0 saturated carbocycles. The molecule has 4 rings (SSSR count). The van der Waals surface area contributed by atoms with Gasteiger partial charge < -0.3 is 5.32 Å². The number of aliphatic imine (C=N–C) groups is 1. The Kier molecular flexibility index (Phi) is 3.48. The van der Waals surface area contributed by atoms with Crippen molar-refractivity contribution in [3.05, 3.63) is 47.4 Å². The van der Waals surface area contributed by atoms with Crippen LogP contribution in [0.2, 0.25) is 5.02 Å². The molecular weight excluding hydrogens is 298 g/mol. The van der Waals surface area contributed by atoms with Gasteiger partial charge in [-0.2, -0.15) is 0 Å². The van der Waals surface area contributed by atoms with Crippen molar-refractivity contribution in [3.63, 3.8) is 0 Å². The number of nitrogens with zero attached hydrogens (tertiary/aromatic N) is 3. The van der Waals surface area contributed by atoms with Gasteiger partial charge in [0, 0.05) is 31.2 Å². The number of hydrogen-bond donors (Lipinski definition) is 2. The summed E-state index contributed by atoms with van der Waals surface area (Å²) in [6, 6.07) is 4.28. The van der Waals surface area contributed by atoms with E-state index < -0.39 is 0 Å². The highest BCUT2D eigenvalue weighted by Crippen LogP contribution is 2.19. The highest BCUT2D eigenvalue weighted by Gasteiger charge is 2.25. The molecule has 22 heavy (non-hydrogen) atoms. The summed E-state index contributed by atoms with van der Waals surface area (Å²) in [6.45, 7) is 4.22. The summed E-state index contributed by atoms with van der Waals surface area (Å²) in [7, 11) is 0. The van der Waals surface area contributed by atoms with Gasteiger partial charge in [-0.1, -0.05) is 24.6 Å². The molecule has 1 fully saturated rings. The first-order valence-corrected chi connectivity index (χ1v) is 7.94. The molecule has 114 valence electrons. The molecule has 0 spiro atoms. The number of fused-ring (bicyclic) bond motifs is 1. The monoisotopic (exact) mass is 315 g/mol. The normalized spacial score (nSPS) is 25.3. The van der Waals surface area contributed by atoms with E-state index >= 15 is 0 Å². The van der Waals surface area contributed by atoms with Crippen LogP contribution in [0.4, 0.5) is 0 Å². The van der Waals surface area contributed by atoms with E-state index in [0.717, 1.165) is 30.1 Å². The van der Waals surface area contributed by atoms with Gasteiger partial charge in [0.15, 0.2) is 0 Å². The third-order valence-electron chi connectivity index (χ3n) is 4.25. The van der Waals surface area contributed by atoms with Gasteiger partial charge >= 0.3 is 0 Å². The summed E-state index contributed by atoms with van der Waals surface area (Å²) in [6.07, 6.45) is 8.12. The Morgan fingerprint density at radius 1 is 1.36 bits per heavy atom. The van der Waals surface area contributed by atoms with Crippen LogP contribution in [-0.2, 0) is 0 Å². The lowest BCUT2D eigenvalue weighted by Crippen LogP contribution is -2.58. The van der Waals surface area contributed by atoms with E-state index in [1.54, 1.807) is 0 Å². The molecule has 4 heterocycles. The number of dihydropyridines is 1. The first-order valence-electron chi connectivity index (χ1n) is 7.56. The van der Waals surface area contributed by atoms with Crippen molar-refractivity contribution in [2.45, 2.75) is 19.1 Å². The quantitative estimate of drug-likeness (QED) is 0.909. The van der Waals surface area contributed by atoms with E-state index in [4.69, 9.17) is 16.6 Å². The van der Waals surface area contributed by atoms with Gasteiger partial charge in [0.1, 0.15) is 11.8 Å². The van der Waals surface area contributed by atoms with Crippen LogP contribution in [0.3, 0.4) is 0 Å². The first kappa shape index (κ1) is 13.9. The summed E-state index contributed by atoms with van der Waals surface area (Å²) >= 11 is 6.11. The van der Waals surface area contributed by atoms with E-state index in [-0.39, 0.29) is 6.17 Å². The molecule has 1 saturated heterocycles. The molecule has 2 aliphatic rings. The number of hydrogen-bond acceptors (Lipinski definition) is 4. The predicted octanol–water partition coefficient (Wildman–Crippen LogP) is 1.87. The number of allylic oxidation sites excluding steroid dienone is 1. The fourth-order valence-electron chi connectivity index (χ4n) is 2.79. The molecule has 2 aromatic rings. The van der Waals surface area contributed by atoms with Crippen LogP contribution in [0.15, 0.2) is 41.7 Å². The number of aromatic nitrogens is 2. The molecule has 0 radical (unpaired) electrons. The molecule has 2 aromatic heterocycles. The van der Waals surface area contributed by atoms with Crippen LogP contribution in [0.25, 0.3) is 5.65 Å². The van der Waals surface area contributed by atoms with E-state index in [1.807, 2.05) is 28.9 Å². The lowest BCUT2D eigenvalue weighted by Gasteiger charge is -2.34. The minimum absolute atomic E-state index is 0.108. The number of imidazole rings is 1. The second-order valence-electron chi connectivity index (χ2n) is 5.92. The number of rotatable bonds is 3. The zero-order chi connectivity index (χ0) is 15.1. The Balaban J connectivity index is 1.68. The van der Waals surface area contributed by atoms with Crippen molar-refractivity contribution in [1.29, 1.82) is 0 Å². The van der Waals surface area contributed by atoms with Crippen LogP contribution >= 0.6 is 11.6 Å². The van der Waals surface area contributed by atoms with E-state index in [9.17, 15) is 0 Å². The average Bonchev–Trinajstić information content (AvgIpc) is 2.87. The third-order valence-corrected chi connectivity index (χ3v) is 4.48. The average molecular weight is 316 g/mol. The molecule has 0 aromatic carbocycles. The Morgan fingerprint density at radius 2 is 2.23 bits per heavy atom. The molecule has 2 unspecified atom stereocenters. The molecule has 2 aliphatic heterocycles. The lowest BCUT2D eigenvalue weighted by atomic mass is 10.0. The fourth-order valence-corrected chi connectivity index (χ4v) is 2.95. The van der Waals surface area contributed by atoms with E-state index in [1.165, 1.54) is 0 Å². The predicted molar refractivity (Wildman–Crippen MR) is 88.6 cm³/mol.